The van der Waals surface area contributed by atoms with Gasteiger partial charge in [-0.2, -0.15) is 0 Å². The molecule has 108 valence electrons. The highest BCUT2D eigenvalue weighted by atomic mass is 32.1. The van der Waals surface area contributed by atoms with Gasteiger partial charge in [0.25, 0.3) is 0 Å². The zero-order valence-corrected chi connectivity index (χ0v) is 12.9. The van der Waals surface area contributed by atoms with Crippen LogP contribution < -0.4 is 5.32 Å². The molecule has 4 nitrogen and oxygen atoms in total. The molecule has 1 aliphatic rings. The molecule has 2 aromatic heterocycles. The molecular formula is C15H21N3OS. The summed E-state index contributed by atoms with van der Waals surface area (Å²) in [5.74, 6) is 1.71. The van der Waals surface area contributed by atoms with Crippen LogP contribution in [0.15, 0.2) is 0 Å². The summed E-state index contributed by atoms with van der Waals surface area (Å²) >= 11 is 1.82. The van der Waals surface area contributed by atoms with E-state index < -0.39 is 0 Å². The van der Waals surface area contributed by atoms with E-state index in [9.17, 15) is 5.11 Å². The van der Waals surface area contributed by atoms with E-state index in [0.29, 0.717) is 0 Å². The normalized spacial score (nSPS) is 16.1. The van der Waals surface area contributed by atoms with Crippen LogP contribution in [0.1, 0.15) is 42.5 Å². The summed E-state index contributed by atoms with van der Waals surface area (Å²) in [7, 11) is 0. The van der Waals surface area contributed by atoms with Gasteiger partial charge in [-0.25, -0.2) is 9.97 Å². The number of aliphatic hydroxyl groups excluding tert-OH is 1. The SMILES string of the molecule is CC[C@H](CO)Nc1nc(C)nc2sc3c(c12)CCCC3. The van der Waals surface area contributed by atoms with Crippen LogP contribution in [0, 0.1) is 6.92 Å². The lowest BCUT2D eigenvalue weighted by molar-refractivity contribution is 0.271. The predicted molar refractivity (Wildman–Crippen MR) is 83.6 cm³/mol. The number of hydrogen-bond donors (Lipinski definition) is 2. The summed E-state index contributed by atoms with van der Waals surface area (Å²) in [5, 5.41) is 14.0. The Kier molecular flexibility index (Phi) is 3.89. The van der Waals surface area contributed by atoms with E-state index in [2.05, 4.69) is 22.2 Å². The van der Waals surface area contributed by atoms with Gasteiger partial charge in [0, 0.05) is 4.88 Å². The number of hydrogen-bond acceptors (Lipinski definition) is 5. The first-order chi connectivity index (χ1) is 9.72. The molecule has 0 fully saturated rings. The van der Waals surface area contributed by atoms with Gasteiger partial charge in [-0.3, -0.25) is 0 Å². The highest BCUT2D eigenvalue weighted by Gasteiger charge is 2.21. The lowest BCUT2D eigenvalue weighted by atomic mass is 9.97. The van der Waals surface area contributed by atoms with Gasteiger partial charge in [0.15, 0.2) is 0 Å². The topological polar surface area (TPSA) is 58.0 Å². The Morgan fingerprint density at radius 2 is 2.10 bits per heavy atom. The molecule has 2 N–H and O–H groups in total. The van der Waals surface area contributed by atoms with Crippen molar-refractivity contribution in [2.45, 2.75) is 52.0 Å². The smallest absolute Gasteiger partial charge is 0.139 e. The van der Waals surface area contributed by atoms with Gasteiger partial charge in [-0.05, 0) is 44.6 Å². The van der Waals surface area contributed by atoms with Crippen molar-refractivity contribution in [2.75, 3.05) is 11.9 Å². The van der Waals surface area contributed by atoms with Gasteiger partial charge in [-0.1, -0.05) is 6.92 Å². The van der Waals surface area contributed by atoms with Crippen molar-refractivity contribution in [2.24, 2.45) is 0 Å². The molecule has 0 saturated carbocycles. The molecule has 1 aliphatic carbocycles. The van der Waals surface area contributed by atoms with Crippen LogP contribution >= 0.6 is 11.3 Å². The molecule has 5 heteroatoms. The number of nitrogens with zero attached hydrogens (tertiary/aromatic N) is 2. The van der Waals surface area contributed by atoms with E-state index in [1.165, 1.54) is 35.1 Å². The maximum absolute atomic E-state index is 9.41. The molecular weight excluding hydrogens is 270 g/mol. The first kappa shape index (κ1) is 13.8. The van der Waals surface area contributed by atoms with E-state index >= 15 is 0 Å². The summed E-state index contributed by atoms with van der Waals surface area (Å²) in [5.41, 5.74) is 1.44. The summed E-state index contributed by atoms with van der Waals surface area (Å²) in [6, 6.07) is 0.0617. The second kappa shape index (κ2) is 5.66. The molecule has 1 atom stereocenters. The number of aromatic nitrogens is 2. The molecule has 0 aromatic carbocycles. The van der Waals surface area contributed by atoms with Crippen molar-refractivity contribution in [3.05, 3.63) is 16.3 Å². The maximum Gasteiger partial charge on any atom is 0.139 e. The van der Waals surface area contributed by atoms with Crippen molar-refractivity contribution in [1.29, 1.82) is 0 Å². The Morgan fingerprint density at radius 3 is 2.85 bits per heavy atom. The fourth-order valence-corrected chi connectivity index (χ4v) is 4.15. The summed E-state index contributed by atoms with van der Waals surface area (Å²) < 4.78 is 0. The highest BCUT2D eigenvalue weighted by Crippen LogP contribution is 2.38. The molecule has 0 unspecified atom stereocenters. The number of thiophene rings is 1. The number of anilines is 1. The van der Waals surface area contributed by atoms with Crippen LogP contribution in [0.4, 0.5) is 5.82 Å². The Balaban J connectivity index is 2.11. The third-order valence-electron chi connectivity index (χ3n) is 3.98. The van der Waals surface area contributed by atoms with Crippen LogP contribution in [0.2, 0.25) is 0 Å². The lowest BCUT2D eigenvalue weighted by Crippen LogP contribution is -2.23. The van der Waals surface area contributed by atoms with Crippen LogP contribution in [-0.4, -0.2) is 27.7 Å². The fourth-order valence-electron chi connectivity index (χ4n) is 2.84. The number of nitrogens with one attached hydrogen (secondary N) is 1. The van der Waals surface area contributed by atoms with E-state index in [0.717, 1.165) is 29.3 Å². The first-order valence-electron chi connectivity index (χ1n) is 7.39. The average Bonchev–Trinajstić information content (AvgIpc) is 2.82. The zero-order chi connectivity index (χ0) is 14.1. The molecule has 20 heavy (non-hydrogen) atoms. The Labute approximate surface area is 123 Å². The monoisotopic (exact) mass is 291 g/mol. The van der Waals surface area contributed by atoms with E-state index in [1.807, 2.05) is 18.3 Å². The second-order valence-electron chi connectivity index (χ2n) is 5.44. The van der Waals surface area contributed by atoms with Gasteiger partial charge in [-0.15, -0.1) is 11.3 Å². The number of aryl methyl sites for hydroxylation is 3. The van der Waals surface area contributed by atoms with E-state index in [1.54, 1.807) is 0 Å². The quantitative estimate of drug-likeness (QED) is 0.909. The van der Waals surface area contributed by atoms with E-state index in [4.69, 9.17) is 0 Å². The molecule has 0 amide bonds. The molecule has 0 spiro atoms. The van der Waals surface area contributed by atoms with Gasteiger partial charge in [0.2, 0.25) is 0 Å². The fraction of sp³-hybridized carbons (Fsp3) is 0.600. The van der Waals surface area contributed by atoms with Gasteiger partial charge in [0.1, 0.15) is 16.5 Å². The minimum Gasteiger partial charge on any atom is -0.394 e. The third-order valence-corrected chi connectivity index (χ3v) is 5.17. The number of aliphatic hydroxyl groups is 1. The van der Waals surface area contributed by atoms with E-state index in [-0.39, 0.29) is 12.6 Å². The highest BCUT2D eigenvalue weighted by molar-refractivity contribution is 7.19. The van der Waals surface area contributed by atoms with Gasteiger partial charge in [0.05, 0.1) is 18.0 Å². The summed E-state index contributed by atoms with van der Waals surface area (Å²) in [4.78, 5) is 11.8. The maximum atomic E-state index is 9.41. The minimum atomic E-state index is 0.0617. The number of rotatable bonds is 4. The zero-order valence-electron chi connectivity index (χ0n) is 12.1. The first-order valence-corrected chi connectivity index (χ1v) is 8.20. The van der Waals surface area contributed by atoms with Crippen molar-refractivity contribution in [3.63, 3.8) is 0 Å². The van der Waals surface area contributed by atoms with Crippen molar-refractivity contribution in [1.82, 2.24) is 9.97 Å². The van der Waals surface area contributed by atoms with Crippen molar-refractivity contribution in [3.8, 4) is 0 Å². The predicted octanol–water partition coefficient (Wildman–Crippen LogP) is 3.06. The minimum absolute atomic E-state index is 0.0617. The molecule has 2 heterocycles. The molecule has 3 rings (SSSR count). The lowest BCUT2D eigenvalue weighted by Gasteiger charge is -2.17. The molecule has 2 aromatic rings. The van der Waals surface area contributed by atoms with Crippen LogP contribution in [0.5, 0.6) is 0 Å². The van der Waals surface area contributed by atoms with Crippen LogP contribution in [-0.2, 0) is 12.8 Å². The molecule has 0 aliphatic heterocycles. The van der Waals surface area contributed by atoms with Crippen LogP contribution in [0.3, 0.4) is 0 Å². The summed E-state index contributed by atoms with van der Waals surface area (Å²) in [6.07, 6.45) is 5.72. The summed E-state index contributed by atoms with van der Waals surface area (Å²) in [6.45, 7) is 4.14. The van der Waals surface area contributed by atoms with Gasteiger partial charge >= 0.3 is 0 Å². The standard InChI is InChI=1S/C15H21N3OS/c1-3-10(8-19)18-14-13-11-6-4-5-7-12(11)20-15(13)17-9(2)16-14/h10,19H,3-8H2,1-2H3,(H,16,17,18)/t10-/m1/s1. The molecule has 0 saturated heterocycles. The largest absolute Gasteiger partial charge is 0.394 e. The Bertz CT molecular complexity index is 619. The average molecular weight is 291 g/mol. The number of fused-ring (bicyclic) bond motifs is 3. The van der Waals surface area contributed by atoms with Crippen molar-refractivity contribution >= 4 is 27.4 Å². The molecule has 0 bridgehead atoms. The second-order valence-corrected chi connectivity index (χ2v) is 6.53. The van der Waals surface area contributed by atoms with Crippen LogP contribution in [0.25, 0.3) is 10.2 Å². The van der Waals surface area contributed by atoms with Gasteiger partial charge < -0.3 is 10.4 Å². The Morgan fingerprint density at radius 1 is 1.30 bits per heavy atom. The third kappa shape index (κ3) is 2.40. The Hall–Kier alpha value is -1.20. The van der Waals surface area contributed by atoms with Crippen molar-refractivity contribution < 1.29 is 5.11 Å². The molecule has 0 radical (unpaired) electrons.